The molecule has 5 rings (SSSR count). The Labute approximate surface area is 240 Å². The molecule has 0 unspecified atom stereocenters. The second-order valence-corrected chi connectivity index (χ2v) is 9.34. The standard InChI is InChI=1S/C30H27N9O3/c1-2-22(36-27-21(15-31)26(32)34-17-35-27)28-37-24-10-6-9-23(25(24)30(41)39(28)20-7-4-3-5-8-20)33-16-18-11-13-19(14-12-18)29(40)38-42/h3-14,17,22,33,42H,2,16H2,1H3,(H,38,40)(H3,32,34,35,36)/t22-/m0/s1. The van der Waals surface area contributed by atoms with E-state index < -0.39 is 11.9 Å². The first-order valence-electron chi connectivity index (χ1n) is 13.1. The quantitative estimate of drug-likeness (QED) is 0.130. The highest BCUT2D eigenvalue weighted by molar-refractivity contribution is 5.93. The first kappa shape index (κ1) is 27.8. The number of fused-ring (bicyclic) bond motifs is 1. The molecule has 1 atom stereocenters. The molecule has 0 radical (unpaired) electrons. The molecule has 12 nitrogen and oxygen atoms in total. The molecule has 0 spiro atoms. The van der Waals surface area contributed by atoms with Gasteiger partial charge in [-0.15, -0.1) is 0 Å². The van der Waals surface area contributed by atoms with Crippen molar-refractivity contribution < 1.29 is 10.0 Å². The average molecular weight is 562 g/mol. The smallest absolute Gasteiger partial charge is 0.274 e. The lowest BCUT2D eigenvalue weighted by molar-refractivity contribution is 0.0706. The number of anilines is 3. The summed E-state index contributed by atoms with van der Waals surface area (Å²) in [5.74, 6) is 0.151. The molecule has 12 heteroatoms. The van der Waals surface area contributed by atoms with E-state index in [0.717, 1.165) is 5.56 Å². The number of amides is 1. The van der Waals surface area contributed by atoms with E-state index in [1.54, 1.807) is 40.4 Å². The number of para-hydroxylation sites is 1. The van der Waals surface area contributed by atoms with Crippen molar-refractivity contribution in [3.8, 4) is 11.8 Å². The second kappa shape index (κ2) is 12.2. The third-order valence-electron chi connectivity index (χ3n) is 6.76. The number of carbonyl (C=O) groups is 1. The van der Waals surface area contributed by atoms with Crippen LogP contribution in [-0.2, 0) is 6.54 Å². The van der Waals surface area contributed by atoms with Gasteiger partial charge in [0, 0.05) is 17.8 Å². The van der Waals surface area contributed by atoms with Gasteiger partial charge in [-0.2, -0.15) is 5.26 Å². The number of nitrogens with zero attached hydrogens (tertiary/aromatic N) is 5. The van der Waals surface area contributed by atoms with Crippen LogP contribution >= 0.6 is 0 Å². The number of nitriles is 1. The highest BCUT2D eigenvalue weighted by Crippen LogP contribution is 2.28. The number of nitrogens with one attached hydrogen (secondary N) is 3. The van der Waals surface area contributed by atoms with Crippen molar-refractivity contribution in [1.29, 1.82) is 5.26 Å². The Bertz CT molecular complexity index is 1850. The van der Waals surface area contributed by atoms with Crippen LogP contribution in [0.4, 0.5) is 17.3 Å². The van der Waals surface area contributed by atoms with Crippen molar-refractivity contribution in [2.24, 2.45) is 0 Å². The van der Waals surface area contributed by atoms with E-state index in [4.69, 9.17) is 15.9 Å². The molecule has 42 heavy (non-hydrogen) atoms. The van der Waals surface area contributed by atoms with Gasteiger partial charge in [-0.3, -0.25) is 19.4 Å². The average Bonchev–Trinajstić information content (AvgIpc) is 3.02. The van der Waals surface area contributed by atoms with E-state index >= 15 is 0 Å². The van der Waals surface area contributed by atoms with Gasteiger partial charge in [-0.1, -0.05) is 43.3 Å². The minimum Gasteiger partial charge on any atom is -0.382 e. The molecular weight excluding hydrogens is 534 g/mol. The Kier molecular flexibility index (Phi) is 8.03. The summed E-state index contributed by atoms with van der Waals surface area (Å²) in [4.78, 5) is 39.0. The number of nitrogen functional groups attached to an aromatic ring is 1. The molecule has 0 bridgehead atoms. The van der Waals surface area contributed by atoms with E-state index in [9.17, 15) is 14.9 Å². The van der Waals surface area contributed by atoms with Crippen molar-refractivity contribution in [2.45, 2.75) is 25.9 Å². The fourth-order valence-corrected chi connectivity index (χ4v) is 4.62. The second-order valence-electron chi connectivity index (χ2n) is 9.34. The normalized spacial score (nSPS) is 11.5. The maximum Gasteiger partial charge on any atom is 0.274 e. The lowest BCUT2D eigenvalue weighted by Crippen LogP contribution is -2.29. The summed E-state index contributed by atoms with van der Waals surface area (Å²) in [7, 11) is 0. The van der Waals surface area contributed by atoms with Crippen LogP contribution in [0.25, 0.3) is 16.6 Å². The molecule has 0 saturated heterocycles. The van der Waals surface area contributed by atoms with Gasteiger partial charge >= 0.3 is 0 Å². The lowest BCUT2D eigenvalue weighted by Gasteiger charge is -2.23. The zero-order chi connectivity index (χ0) is 29.6. The van der Waals surface area contributed by atoms with E-state index in [1.807, 2.05) is 55.5 Å². The lowest BCUT2D eigenvalue weighted by atomic mass is 10.1. The van der Waals surface area contributed by atoms with Gasteiger partial charge in [0.2, 0.25) is 0 Å². The minimum absolute atomic E-state index is 0.0544. The highest BCUT2D eigenvalue weighted by atomic mass is 16.5. The Balaban J connectivity index is 1.59. The summed E-state index contributed by atoms with van der Waals surface area (Å²) < 4.78 is 1.56. The van der Waals surface area contributed by atoms with Gasteiger partial charge in [0.1, 0.15) is 35.4 Å². The maximum atomic E-state index is 14.3. The third-order valence-corrected chi connectivity index (χ3v) is 6.76. The summed E-state index contributed by atoms with van der Waals surface area (Å²) in [6.07, 6.45) is 1.79. The van der Waals surface area contributed by atoms with Gasteiger partial charge in [0.25, 0.3) is 11.5 Å². The van der Waals surface area contributed by atoms with Crippen LogP contribution in [-0.4, -0.2) is 30.6 Å². The van der Waals surface area contributed by atoms with Crippen LogP contribution in [0.3, 0.4) is 0 Å². The first-order chi connectivity index (χ1) is 20.4. The monoisotopic (exact) mass is 561 g/mol. The predicted molar refractivity (Wildman–Crippen MR) is 158 cm³/mol. The molecule has 0 aliphatic heterocycles. The van der Waals surface area contributed by atoms with Crippen LogP contribution in [0, 0.1) is 11.3 Å². The molecule has 0 saturated carbocycles. The van der Waals surface area contributed by atoms with E-state index in [-0.39, 0.29) is 22.8 Å². The number of carbonyl (C=O) groups excluding carboxylic acids is 1. The molecule has 2 aromatic heterocycles. The topological polar surface area (TPSA) is 184 Å². The van der Waals surface area contributed by atoms with Gasteiger partial charge in [-0.25, -0.2) is 20.4 Å². The van der Waals surface area contributed by atoms with Gasteiger partial charge in [-0.05, 0) is 48.4 Å². The largest absolute Gasteiger partial charge is 0.382 e. The number of nitrogens with two attached hydrogens (primary N) is 1. The molecule has 3 aromatic carbocycles. The number of hydrogen-bond donors (Lipinski definition) is 5. The number of rotatable bonds is 9. The predicted octanol–water partition coefficient (Wildman–Crippen LogP) is 3.92. The number of aromatic nitrogens is 4. The van der Waals surface area contributed by atoms with Crippen molar-refractivity contribution in [3.63, 3.8) is 0 Å². The summed E-state index contributed by atoms with van der Waals surface area (Å²) in [5, 5.41) is 25.4. The van der Waals surface area contributed by atoms with E-state index in [0.29, 0.717) is 46.6 Å². The molecule has 0 fully saturated rings. The van der Waals surface area contributed by atoms with Gasteiger partial charge in [0.05, 0.1) is 22.6 Å². The molecule has 1 amide bonds. The first-order valence-corrected chi connectivity index (χ1v) is 13.1. The molecule has 5 aromatic rings. The van der Waals surface area contributed by atoms with Crippen LogP contribution in [0.15, 0.2) is 83.9 Å². The molecular formula is C30H27N9O3. The zero-order valence-corrected chi connectivity index (χ0v) is 22.6. The van der Waals surface area contributed by atoms with Crippen molar-refractivity contribution >= 4 is 34.1 Å². The molecule has 0 aliphatic rings. The summed E-state index contributed by atoms with van der Waals surface area (Å²) in [5.41, 5.74) is 10.2. The fourth-order valence-electron chi connectivity index (χ4n) is 4.62. The van der Waals surface area contributed by atoms with Crippen molar-refractivity contribution in [1.82, 2.24) is 25.0 Å². The number of hydroxylamine groups is 1. The summed E-state index contributed by atoms with van der Waals surface area (Å²) in [6.45, 7) is 2.31. The zero-order valence-electron chi connectivity index (χ0n) is 22.6. The highest BCUT2D eigenvalue weighted by Gasteiger charge is 2.23. The number of benzene rings is 3. The maximum absolute atomic E-state index is 14.3. The van der Waals surface area contributed by atoms with Crippen LogP contribution in [0.2, 0.25) is 0 Å². The van der Waals surface area contributed by atoms with Gasteiger partial charge in [0.15, 0.2) is 0 Å². The summed E-state index contributed by atoms with van der Waals surface area (Å²) >= 11 is 0. The Morgan fingerprint density at radius 2 is 1.83 bits per heavy atom. The van der Waals surface area contributed by atoms with Gasteiger partial charge < -0.3 is 16.4 Å². The van der Waals surface area contributed by atoms with Crippen LogP contribution in [0.5, 0.6) is 0 Å². The summed E-state index contributed by atoms with van der Waals surface area (Å²) in [6, 6.07) is 22.9. The van der Waals surface area contributed by atoms with Crippen LogP contribution < -0.4 is 27.4 Å². The number of hydrogen-bond acceptors (Lipinski definition) is 10. The minimum atomic E-state index is -0.598. The molecule has 210 valence electrons. The Hall–Kier alpha value is -5.80. The van der Waals surface area contributed by atoms with Crippen molar-refractivity contribution in [3.05, 3.63) is 112 Å². The Morgan fingerprint density at radius 1 is 1.07 bits per heavy atom. The Morgan fingerprint density at radius 3 is 2.52 bits per heavy atom. The fraction of sp³-hybridized carbons (Fsp3) is 0.133. The van der Waals surface area contributed by atoms with E-state index in [1.165, 1.54) is 6.33 Å². The van der Waals surface area contributed by atoms with Crippen molar-refractivity contribution in [2.75, 3.05) is 16.4 Å². The van der Waals surface area contributed by atoms with E-state index in [2.05, 4.69) is 20.6 Å². The molecule has 2 heterocycles. The third kappa shape index (κ3) is 5.45. The SMILES string of the molecule is CC[C@H](Nc1ncnc(N)c1C#N)c1nc2cccc(NCc3ccc(C(=O)NO)cc3)c2c(=O)n1-c1ccccc1. The molecule has 6 N–H and O–H groups in total. The van der Waals surface area contributed by atoms with Crippen LogP contribution in [0.1, 0.15) is 46.7 Å². The molecule has 0 aliphatic carbocycles.